The quantitative estimate of drug-likeness (QED) is 0.456. The summed E-state index contributed by atoms with van der Waals surface area (Å²) in [5.41, 5.74) is 1.95. The molecule has 4 nitrogen and oxygen atoms in total. The second-order valence-corrected chi connectivity index (χ2v) is 8.12. The Morgan fingerprint density at radius 3 is 2.38 bits per heavy atom. The molecular weight excluding hydrogens is 387 g/mol. The minimum absolute atomic E-state index is 0.127. The van der Waals surface area contributed by atoms with Gasteiger partial charge in [-0.2, -0.15) is 0 Å². The zero-order chi connectivity index (χ0) is 21.2. The Morgan fingerprint density at radius 2 is 1.76 bits per heavy atom. The standard InChI is InChI=1S/C23H29FN2O2S/c1-4-5-14-25-23(28)18(3)26(15-19-8-10-20(24)11-9-19)22(27)16-29-21-12-6-17(2)7-13-21/h6-13,18H,4-5,14-16H2,1-3H3,(H,25,28)/t18-/m0/s1. The molecule has 2 aromatic rings. The van der Waals surface area contributed by atoms with Gasteiger partial charge in [0, 0.05) is 18.0 Å². The number of rotatable bonds is 10. The monoisotopic (exact) mass is 416 g/mol. The average molecular weight is 417 g/mol. The van der Waals surface area contributed by atoms with Crippen molar-refractivity contribution < 1.29 is 14.0 Å². The van der Waals surface area contributed by atoms with Gasteiger partial charge in [0.2, 0.25) is 11.8 Å². The van der Waals surface area contributed by atoms with Crippen LogP contribution in [-0.2, 0) is 16.1 Å². The zero-order valence-electron chi connectivity index (χ0n) is 17.3. The van der Waals surface area contributed by atoms with E-state index >= 15 is 0 Å². The number of hydrogen-bond acceptors (Lipinski definition) is 3. The summed E-state index contributed by atoms with van der Waals surface area (Å²) in [4.78, 5) is 28.1. The van der Waals surface area contributed by atoms with E-state index in [1.165, 1.54) is 23.9 Å². The van der Waals surface area contributed by atoms with E-state index in [4.69, 9.17) is 0 Å². The van der Waals surface area contributed by atoms with Crippen molar-refractivity contribution in [3.63, 3.8) is 0 Å². The van der Waals surface area contributed by atoms with Gasteiger partial charge < -0.3 is 10.2 Å². The third-order valence-electron chi connectivity index (χ3n) is 4.65. The van der Waals surface area contributed by atoms with Crippen molar-refractivity contribution in [2.75, 3.05) is 12.3 Å². The van der Waals surface area contributed by atoms with E-state index in [0.29, 0.717) is 6.54 Å². The van der Waals surface area contributed by atoms with E-state index < -0.39 is 6.04 Å². The van der Waals surface area contributed by atoms with E-state index in [2.05, 4.69) is 12.2 Å². The van der Waals surface area contributed by atoms with E-state index in [1.807, 2.05) is 31.2 Å². The number of aryl methyl sites for hydroxylation is 1. The molecule has 0 saturated carbocycles. The van der Waals surface area contributed by atoms with Crippen molar-refractivity contribution in [2.24, 2.45) is 0 Å². The molecule has 0 fully saturated rings. The topological polar surface area (TPSA) is 49.4 Å². The lowest BCUT2D eigenvalue weighted by atomic mass is 10.1. The van der Waals surface area contributed by atoms with Crippen molar-refractivity contribution in [2.45, 2.75) is 51.1 Å². The molecule has 29 heavy (non-hydrogen) atoms. The molecule has 0 spiro atoms. The van der Waals surface area contributed by atoms with Crippen LogP contribution in [0.5, 0.6) is 0 Å². The Bertz CT molecular complexity index is 794. The number of hydrogen-bond donors (Lipinski definition) is 1. The predicted molar refractivity (Wildman–Crippen MR) is 116 cm³/mol. The predicted octanol–water partition coefficient (Wildman–Crippen LogP) is 4.56. The van der Waals surface area contributed by atoms with Crippen molar-refractivity contribution in [1.29, 1.82) is 0 Å². The van der Waals surface area contributed by atoms with Crippen molar-refractivity contribution in [1.82, 2.24) is 10.2 Å². The SMILES string of the molecule is CCCCNC(=O)[C@H](C)N(Cc1ccc(F)cc1)C(=O)CSc1ccc(C)cc1. The molecule has 0 radical (unpaired) electrons. The molecule has 0 aromatic heterocycles. The number of nitrogens with one attached hydrogen (secondary N) is 1. The first kappa shape index (κ1) is 22.9. The van der Waals surface area contributed by atoms with E-state index in [9.17, 15) is 14.0 Å². The van der Waals surface area contributed by atoms with Gasteiger partial charge in [-0.05, 0) is 50.1 Å². The molecule has 0 aliphatic carbocycles. The maximum atomic E-state index is 13.2. The zero-order valence-corrected chi connectivity index (χ0v) is 18.1. The average Bonchev–Trinajstić information content (AvgIpc) is 2.72. The number of amides is 2. The second-order valence-electron chi connectivity index (χ2n) is 7.07. The summed E-state index contributed by atoms with van der Waals surface area (Å²) >= 11 is 1.45. The molecule has 2 amide bonds. The number of nitrogens with zero attached hydrogens (tertiary/aromatic N) is 1. The van der Waals surface area contributed by atoms with Gasteiger partial charge in [0.05, 0.1) is 5.75 Å². The van der Waals surface area contributed by atoms with Gasteiger partial charge in [-0.3, -0.25) is 9.59 Å². The molecule has 0 aliphatic rings. The smallest absolute Gasteiger partial charge is 0.242 e. The third-order valence-corrected chi connectivity index (χ3v) is 5.64. The highest BCUT2D eigenvalue weighted by Gasteiger charge is 2.26. The number of halogens is 1. The lowest BCUT2D eigenvalue weighted by Gasteiger charge is -2.28. The fourth-order valence-corrected chi connectivity index (χ4v) is 3.55. The van der Waals surface area contributed by atoms with Gasteiger partial charge in [-0.15, -0.1) is 11.8 Å². The van der Waals surface area contributed by atoms with Crippen LogP contribution in [0.25, 0.3) is 0 Å². The number of carbonyl (C=O) groups is 2. The molecule has 2 rings (SSSR count). The molecule has 156 valence electrons. The number of carbonyl (C=O) groups excluding carboxylic acids is 2. The van der Waals surface area contributed by atoms with Gasteiger partial charge in [0.15, 0.2) is 0 Å². The number of thioether (sulfide) groups is 1. The van der Waals surface area contributed by atoms with Gasteiger partial charge in [-0.1, -0.05) is 43.2 Å². The highest BCUT2D eigenvalue weighted by atomic mass is 32.2. The van der Waals surface area contributed by atoms with Crippen LogP contribution in [0.3, 0.4) is 0 Å². The Hall–Kier alpha value is -2.34. The Kier molecular flexibility index (Phi) is 9.19. The van der Waals surface area contributed by atoms with Crippen LogP contribution >= 0.6 is 11.8 Å². The first-order valence-corrected chi connectivity index (χ1v) is 10.9. The van der Waals surface area contributed by atoms with Crippen LogP contribution in [0.15, 0.2) is 53.4 Å². The minimum Gasteiger partial charge on any atom is -0.354 e. The van der Waals surface area contributed by atoms with Crippen molar-refractivity contribution in [3.05, 3.63) is 65.5 Å². The molecular formula is C23H29FN2O2S. The van der Waals surface area contributed by atoms with Crippen LogP contribution in [0.4, 0.5) is 4.39 Å². The molecule has 1 atom stereocenters. The summed E-state index contributed by atoms with van der Waals surface area (Å²) in [7, 11) is 0. The number of benzene rings is 2. The highest BCUT2D eigenvalue weighted by Crippen LogP contribution is 2.20. The molecule has 0 saturated heterocycles. The summed E-state index contributed by atoms with van der Waals surface area (Å²) in [6.07, 6.45) is 1.88. The Labute approximate surface area is 176 Å². The fourth-order valence-electron chi connectivity index (χ4n) is 2.77. The van der Waals surface area contributed by atoms with Crippen LogP contribution in [0, 0.1) is 12.7 Å². The molecule has 0 aliphatic heterocycles. The Morgan fingerprint density at radius 1 is 1.10 bits per heavy atom. The summed E-state index contributed by atoms with van der Waals surface area (Å²) in [6, 6.07) is 13.4. The lowest BCUT2D eigenvalue weighted by molar-refractivity contribution is -0.138. The minimum atomic E-state index is -0.608. The van der Waals surface area contributed by atoms with Crippen LogP contribution in [-0.4, -0.2) is 35.1 Å². The Balaban J connectivity index is 2.08. The van der Waals surface area contributed by atoms with Gasteiger partial charge in [-0.25, -0.2) is 4.39 Å². The lowest BCUT2D eigenvalue weighted by Crippen LogP contribution is -2.48. The summed E-state index contributed by atoms with van der Waals surface area (Å²) in [5.74, 6) is -0.393. The van der Waals surface area contributed by atoms with Gasteiger partial charge in [0.25, 0.3) is 0 Å². The summed E-state index contributed by atoms with van der Waals surface area (Å²) < 4.78 is 13.2. The largest absolute Gasteiger partial charge is 0.354 e. The van der Waals surface area contributed by atoms with E-state index in [-0.39, 0.29) is 29.9 Å². The van der Waals surface area contributed by atoms with Gasteiger partial charge >= 0.3 is 0 Å². The maximum Gasteiger partial charge on any atom is 0.242 e. The van der Waals surface area contributed by atoms with Crippen molar-refractivity contribution >= 4 is 23.6 Å². The first-order valence-electron chi connectivity index (χ1n) is 9.91. The molecule has 0 unspecified atom stereocenters. The fraction of sp³-hybridized carbons (Fsp3) is 0.391. The maximum absolute atomic E-state index is 13.2. The molecule has 2 aromatic carbocycles. The molecule has 1 N–H and O–H groups in total. The second kappa shape index (κ2) is 11.6. The van der Waals surface area contributed by atoms with E-state index in [1.54, 1.807) is 24.0 Å². The van der Waals surface area contributed by atoms with E-state index in [0.717, 1.165) is 28.9 Å². The highest BCUT2D eigenvalue weighted by molar-refractivity contribution is 8.00. The van der Waals surface area contributed by atoms with Crippen molar-refractivity contribution in [3.8, 4) is 0 Å². The van der Waals surface area contributed by atoms with Crippen LogP contribution in [0.2, 0.25) is 0 Å². The van der Waals surface area contributed by atoms with Crippen LogP contribution in [0.1, 0.15) is 37.8 Å². The molecule has 0 bridgehead atoms. The summed E-state index contributed by atoms with van der Waals surface area (Å²) in [5, 5.41) is 2.89. The molecule has 6 heteroatoms. The number of unbranched alkanes of at least 4 members (excludes halogenated alkanes) is 1. The van der Waals surface area contributed by atoms with Crippen LogP contribution < -0.4 is 5.32 Å². The van der Waals surface area contributed by atoms with Gasteiger partial charge in [0.1, 0.15) is 11.9 Å². The third kappa shape index (κ3) is 7.54. The first-order chi connectivity index (χ1) is 13.9. The normalized spacial score (nSPS) is 11.7. The summed E-state index contributed by atoms with van der Waals surface area (Å²) in [6.45, 7) is 6.66. The molecule has 0 heterocycles.